The highest BCUT2D eigenvalue weighted by Gasteiger charge is 2.16. The Labute approximate surface area is 53.2 Å². The van der Waals surface area contributed by atoms with Gasteiger partial charge in [0.1, 0.15) is 0 Å². The topological polar surface area (TPSA) is 41.1 Å². The van der Waals surface area contributed by atoms with Gasteiger partial charge >= 0.3 is 6.03 Å². The molecule has 1 aliphatic heterocycles. The lowest BCUT2D eigenvalue weighted by Crippen LogP contribution is -2.27. The third-order valence-corrected chi connectivity index (χ3v) is 1.51. The van der Waals surface area contributed by atoms with Crippen LogP contribution in [0.2, 0.25) is 0 Å². The van der Waals surface area contributed by atoms with E-state index in [1.165, 1.54) is 0 Å². The van der Waals surface area contributed by atoms with E-state index in [9.17, 15) is 4.79 Å². The zero-order valence-corrected chi connectivity index (χ0v) is 5.24. The Morgan fingerprint density at radius 2 is 2.62 bits per heavy atom. The van der Waals surface area contributed by atoms with E-state index in [-0.39, 0.29) is 12.1 Å². The van der Waals surface area contributed by atoms with Crippen molar-refractivity contribution in [1.82, 2.24) is 10.6 Å². The first-order chi connectivity index (χ1) is 3.83. The minimum absolute atomic E-state index is 0.0796. The molecule has 1 rings (SSSR count). The molecule has 0 saturated carbocycles. The van der Waals surface area contributed by atoms with Gasteiger partial charge in [0.05, 0.1) is 6.04 Å². The van der Waals surface area contributed by atoms with Crippen LogP contribution in [0.3, 0.4) is 0 Å². The number of carbonyl (C=O) groups excluding carboxylic acids is 1. The average Bonchev–Trinajstić information content (AvgIpc) is 2.14. The van der Waals surface area contributed by atoms with Crippen LogP contribution in [0.5, 0.6) is 0 Å². The Kier molecular flexibility index (Phi) is 1.62. The molecule has 1 saturated heterocycles. The van der Waals surface area contributed by atoms with Crippen LogP contribution in [0, 0.1) is 0 Å². The maximum Gasteiger partial charge on any atom is 0.315 e. The lowest BCUT2D eigenvalue weighted by Gasteiger charge is -1.99. The summed E-state index contributed by atoms with van der Waals surface area (Å²) in [5.74, 6) is 0.707. The molecule has 0 aliphatic carbocycles. The van der Waals surface area contributed by atoms with Crippen molar-refractivity contribution in [2.45, 2.75) is 6.04 Å². The van der Waals surface area contributed by atoms with Crippen molar-refractivity contribution in [3.63, 3.8) is 0 Å². The monoisotopic (exact) mass is 132 g/mol. The van der Waals surface area contributed by atoms with Crippen molar-refractivity contribution in [2.24, 2.45) is 0 Å². The van der Waals surface area contributed by atoms with Crippen molar-refractivity contribution in [3.05, 3.63) is 0 Å². The van der Waals surface area contributed by atoms with Crippen LogP contribution in [0.25, 0.3) is 0 Å². The normalized spacial score (nSPS) is 27.1. The molecule has 0 aromatic rings. The highest BCUT2D eigenvalue weighted by atomic mass is 32.1. The number of nitrogens with one attached hydrogen (secondary N) is 2. The Morgan fingerprint density at radius 1 is 1.88 bits per heavy atom. The first-order valence-electron chi connectivity index (χ1n) is 2.48. The van der Waals surface area contributed by atoms with E-state index >= 15 is 0 Å². The standard InChI is InChI=1S/C4H8N2OS/c7-4-5-1-3(2-8)6-4/h3,8H,1-2H2,(H2,5,6,7). The van der Waals surface area contributed by atoms with Crippen molar-refractivity contribution in [3.8, 4) is 0 Å². The van der Waals surface area contributed by atoms with Gasteiger partial charge in [-0.2, -0.15) is 12.6 Å². The molecule has 3 nitrogen and oxygen atoms in total. The molecule has 1 heterocycles. The fourth-order valence-corrected chi connectivity index (χ4v) is 0.834. The van der Waals surface area contributed by atoms with Crippen molar-refractivity contribution in [1.29, 1.82) is 0 Å². The summed E-state index contributed by atoms with van der Waals surface area (Å²) in [6.07, 6.45) is 0. The van der Waals surface area contributed by atoms with Crippen LogP contribution in [-0.2, 0) is 0 Å². The van der Waals surface area contributed by atoms with Gasteiger partial charge in [-0.1, -0.05) is 0 Å². The summed E-state index contributed by atoms with van der Waals surface area (Å²) in [5.41, 5.74) is 0. The summed E-state index contributed by atoms with van der Waals surface area (Å²) in [6, 6.07) is 0.148. The predicted octanol–water partition coefficient (Wildman–Crippen LogP) is -0.402. The third kappa shape index (κ3) is 1.06. The zero-order valence-electron chi connectivity index (χ0n) is 4.35. The fourth-order valence-electron chi connectivity index (χ4n) is 0.614. The summed E-state index contributed by atoms with van der Waals surface area (Å²) in [4.78, 5) is 10.4. The van der Waals surface area contributed by atoms with Crippen LogP contribution in [-0.4, -0.2) is 24.4 Å². The highest BCUT2D eigenvalue weighted by molar-refractivity contribution is 7.80. The van der Waals surface area contributed by atoms with E-state index < -0.39 is 0 Å². The number of hydrogen-bond donors (Lipinski definition) is 3. The van der Waals surface area contributed by atoms with Gasteiger partial charge in [0, 0.05) is 12.3 Å². The van der Waals surface area contributed by atoms with Crippen molar-refractivity contribution < 1.29 is 4.79 Å². The highest BCUT2D eigenvalue weighted by Crippen LogP contribution is 1.91. The quantitative estimate of drug-likeness (QED) is 0.417. The summed E-state index contributed by atoms with van der Waals surface area (Å²) in [7, 11) is 0. The SMILES string of the molecule is O=C1NCC(CS)N1. The summed E-state index contributed by atoms with van der Waals surface area (Å²) < 4.78 is 0. The van der Waals surface area contributed by atoms with Crippen LogP contribution < -0.4 is 10.6 Å². The van der Waals surface area contributed by atoms with Gasteiger partial charge < -0.3 is 10.6 Å². The van der Waals surface area contributed by atoms with Crippen molar-refractivity contribution >= 4 is 18.7 Å². The maximum absolute atomic E-state index is 10.4. The second-order valence-corrected chi connectivity index (χ2v) is 2.10. The molecule has 0 aromatic carbocycles. The van der Waals surface area contributed by atoms with Crippen molar-refractivity contribution in [2.75, 3.05) is 12.3 Å². The number of urea groups is 1. The average molecular weight is 132 g/mol. The second-order valence-electron chi connectivity index (χ2n) is 1.73. The number of rotatable bonds is 1. The zero-order chi connectivity index (χ0) is 5.98. The van der Waals surface area contributed by atoms with Gasteiger partial charge in [-0.25, -0.2) is 4.79 Å². The van der Waals surface area contributed by atoms with E-state index in [1.807, 2.05) is 0 Å². The van der Waals surface area contributed by atoms with Gasteiger partial charge in [0.25, 0.3) is 0 Å². The lowest BCUT2D eigenvalue weighted by atomic mass is 10.4. The van der Waals surface area contributed by atoms with Gasteiger partial charge in [-0.3, -0.25) is 0 Å². The molecule has 1 aliphatic rings. The third-order valence-electron chi connectivity index (χ3n) is 1.06. The second kappa shape index (κ2) is 2.26. The molecule has 8 heavy (non-hydrogen) atoms. The molecular weight excluding hydrogens is 124 g/mol. The molecule has 0 spiro atoms. The molecule has 46 valence electrons. The maximum atomic E-state index is 10.4. The fraction of sp³-hybridized carbons (Fsp3) is 0.750. The van der Waals surface area contributed by atoms with E-state index in [0.717, 1.165) is 0 Å². The molecule has 0 radical (unpaired) electrons. The number of thiol groups is 1. The Morgan fingerprint density at radius 3 is 2.88 bits per heavy atom. The minimum Gasteiger partial charge on any atom is -0.336 e. The summed E-state index contributed by atoms with van der Waals surface area (Å²) >= 11 is 4.00. The molecule has 0 bridgehead atoms. The number of amides is 2. The summed E-state index contributed by atoms with van der Waals surface area (Å²) in [5, 5.41) is 5.30. The molecule has 0 aromatic heterocycles. The Hall–Kier alpha value is -0.380. The molecule has 2 amide bonds. The van der Waals surface area contributed by atoms with E-state index in [0.29, 0.717) is 12.3 Å². The van der Waals surface area contributed by atoms with Gasteiger partial charge in [0.15, 0.2) is 0 Å². The van der Waals surface area contributed by atoms with E-state index in [2.05, 4.69) is 23.3 Å². The largest absolute Gasteiger partial charge is 0.336 e. The first-order valence-corrected chi connectivity index (χ1v) is 3.11. The minimum atomic E-state index is -0.0796. The molecule has 1 unspecified atom stereocenters. The van der Waals surface area contributed by atoms with E-state index in [4.69, 9.17) is 0 Å². The smallest absolute Gasteiger partial charge is 0.315 e. The molecule has 2 N–H and O–H groups in total. The molecular formula is C4H8N2OS. The van der Waals surface area contributed by atoms with Gasteiger partial charge in [0.2, 0.25) is 0 Å². The van der Waals surface area contributed by atoms with Crippen LogP contribution in [0.15, 0.2) is 0 Å². The molecule has 1 fully saturated rings. The van der Waals surface area contributed by atoms with Gasteiger partial charge in [-0.05, 0) is 0 Å². The van der Waals surface area contributed by atoms with Gasteiger partial charge in [-0.15, -0.1) is 0 Å². The van der Waals surface area contributed by atoms with E-state index in [1.54, 1.807) is 0 Å². The lowest BCUT2D eigenvalue weighted by molar-refractivity contribution is 0.247. The molecule has 4 heteroatoms. The first kappa shape index (κ1) is 5.75. The Bertz CT molecular complexity index is 106. The van der Waals surface area contributed by atoms with Crippen LogP contribution >= 0.6 is 12.6 Å². The predicted molar refractivity (Wildman–Crippen MR) is 34.2 cm³/mol. The number of carbonyl (C=O) groups is 1. The van der Waals surface area contributed by atoms with Crippen LogP contribution in [0.4, 0.5) is 4.79 Å². The molecule has 1 atom stereocenters. The summed E-state index contributed by atoms with van der Waals surface area (Å²) in [6.45, 7) is 0.711. The number of hydrogen-bond acceptors (Lipinski definition) is 2. The Balaban J connectivity index is 2.32. The van der Waals surface area contributed by atoms with Crippen LogP contribution in [0.1, 0.15) is 0 Å².